The minimum atomic E-state index is -0.900. The van der Waals surface area contributed by atoms with Gasteiger partial charge in [0.15, 0.2) is 0 Å². The summed E-state index contributed by atoms with van der Waals surface area (Å²) >= 11 is 0. The second kappa shape index (κ2) is 5.31. The van der Waals surface area contributed by atoms with Gasteiger partial charge in [0.25, 0.3) is 0 Å². The maximum atomic E-state index is 10.9. The van der Waals surface area contributed by atoms with Crippen LogP contribution >= 0.6 is 0 Å². The van der Waals surface area contributed by atoms with E-state index in [1.165, 1.54) is 6.33 Å². The molecule has 2 aromatic rings. The van der Waals surface area contributed by atoms with Crippen LogP contribution in [-0.4, -0.2) is 19.9 Å². The van der Waals surface area contributed by atoms with Crippen molar-refractivity contribution in [3.8, 4) is 0 Å². The molecule has 1 aromatic carbocycles. The zero-order chi connectivity index (χ0) is 13.0. The third-order valence-corrected chi connectivity index (χ3v) is 2.95. The molecular weight excluding hydrogens is 226 g/mol. The van der Waals surface area contributed by atoms with Crippen LogP contribution in [0.1, 0.15) is 25.8 Å². The van der Waals surface area contributed by atoms with E-state index in [1.54, 1.807) is 11.0 Å². The van der Waals surface area contributed by atoms with Crippen molar-refractivity contribution in [3.63, 3.8) is 0 Å². The van der Waals surface area contributed by atoms with Gasteiger partial charge in [-0.3, -0.25) is 0 Å². The molecule has 1 N–H and O–H groups in total. The molecule has 96 valence electrons. The molecule has 4 heteroatoms. The number of aliphatic hydroxyl groups is 1. The average molecular weight is 245 g/mol. The van der Waals surface area contributed by atoms with Gasteiger partial charge in [0.05, 0.1) is 6.54 Å². The monoisotopic (exact) mass is 245 g/mol. The summed E-state index contributed by atoms with van der Waals surface area (Å²) in [7, 11) is 0. The molecular formula is C14H19N3O. The fourth-order valence-electron chi connectivity index (χ4n) is 2.28. The Morgan fingerprint density at radius 2 is 2.00 bits per heavy atom. The zero-order valence-corrected chi connectivity index (χ0v) is 10.8. The van der Waals surface area contributed by atoms with Gasteiger partial charge < -0.3 is 5.11 Å². The Labute approximate surface area is 107 Å². The Morgan fingerprint density at radius 3 is 2.56 bits per heavy atom. The van der Waals surface area contributed by atoms with Gasteiger partial charge in [0.1, 0.15) is 18.3 Å². The number of hydrogen-bond donors (Lipinski definition) is 1. The van der Waals surface area contributed by atoms with Gasteiger partial charge in [0, 0.05) is 0 Å². The average Bonchev–Trinajstić information content (AvgIpc) is 2.81. The van der Waals surface area contributed by atoms with Crippen molar-refractivity contribution < 1.29 is 5.11 Å². The zero-order valence-electron chi connectivity index (χ0n) is 10.8. The number of nitrogens with zero attached hydrogens (tertiary/aromatic N) is 3. The highest BCUT2D eigenvalue weighted by molar-refractivity contribution is 5.22. The minimum absolute atomic E-state index is 0.402. The Hall–Kier alpha value is -1.68. The fraction of sp³-hybridized carbons (Fsp3) is 0.429. The molecule has 0 aliphatic rings. The van der Waals surface area contributed by atoms with Crippen molar-refractivity contribution in [1.29, 1.82) is 0 Å². The van der Waals surface area contributed by atoms with Gasteiger partial charge in [-0.05, 0) is 17.9 Å². The summed E-state index contributed by atoms with van der Waals surface area (Å²) in [5, 5.41) is 15.0. The first-order chi connectivity index (χ1) is 8.60. The van der Waals surface area contributed by atoms with E-state index in [2.05, 4.69) is 23.9 Å². The summed E-state index contributed by atoms with van der Waals surface area (Å²) in [5.41, 5.74) is 0.0255. The molecule has 0 saturated heterocycles. The highest BCUT2D eigenvalue weighted by Gasteiger charge is 2.30. The molecule has 0 spiro atoms. The number of aromatic nitrogens is 3. The van der Waals surface area contributed by atoms with Crippen LogP contribution in [0.25, 0.3) is 0 Å². The maximum absolute atomic E-state index is 10.9. The second-order valence-electron chi connectivity index (χ2n) is 5.09. The van der Waals surface area contributed by atoms with Gasteiger partial charge in [0.2, 0.25) is 0 Å². The van der Waals surface area contributed by atoms with E-state index in [0.29, 0.717) is 18.9 Å². The molecule has 1 unspecified atom stereocenters. The Morgan fingerprint density at radius 1 is 1.28 bits per heavy atom. The Balaban J connectivity index is 2.28. The molecule has 0 aliphatic carbocycles. The lowest BCUT2D eigenvalue weighted by Crippen LogP contribution is -2.33. The maximum Gasteiger partial charge on any atom is 0.137 e. The van der Waals surface area contributed by atoms with Crippen LogP contribution in [0.2, 0.25) is 0 Å². The number of rotatable bonds is 5. The van der Waals surface area contributed by atoms with E-state index in [-0.39, 0.29) is 0 Å². The topological polar surface area (TPSA) is 50.9 Å². The third kappa shape index (κ3) is 2.96. The molecule has 4 nitrogen and oxygen atoms in total. The first-order valence-electron chi connectivity index (χ1n) is 6.20. The predicted octanol–water partition coefficient (Wildman–Crippen LogP) is 2.21. The van der Waals surface area contributed by atoms with Crippen LogP contribution in [0.15, 0.2) is 43.0 Å². The summed E-state index contributed by atoms with van der Waals surface area (Å²) in [6.07, 6.45) is 3.81. The molecule has 0 aliphatic heterocycles. The van der Waals surface area contributed by atoms with Crippen LogP contribution in [0, 0.1) is 5.92 Å². The van der Waals surface area contributed by atoms with Gasteiger partial charge in [-0.15, -0.1) is 0 Å². The van der Waals surface area contributed by atoms with Crippen molar-refractivity contribution in [3.05, 3.63) is 48.5 Å². The van der Waals surface area contributed by atoms with Crippen LogP contribution < -0.4 is 0 Å². The standard InChI is InChI=1S/C14H19N3O/c1-12(2)8-14(18,9-17-11-15-10-16-17)13-6-4-3-5-7-13/h3-7,10-12,18H,8-9H2,1-2H3. The van der Waals surface area contributed by atoms with E-state index < -0.39 is 5.60 Å². The summed E-state index contributed by atoms with van der Waals surface area (Å²) in [4.78, 5) is 3.92. The molecule has 2 rings (SSSR count). The smallest absolute Gasteiger partial charge is 0.137 e. The first-order valence-corrected chi connectivity index (χ1v) is 6.20. The highest BCUT2D eigenvalue weighted by Crippen LogP contribution is 2.30. The predicted molar refractivity (Wildman–Crippen MR) is 69.8 cm³/mol. The van der Waals surface area contributed by atoms with Crippen molar-refractivity contribution in [2.45, 2.75) is 32.4 Å². The largest absolute Gasteiger partial charge is 0.383 e. The van der Waals surface area contributed by atoms with Crippen molar-refractivity contribution in [2.24, 2.45) is 5.92 Å². The molecule has 1 aromatic heterocycles. The molecule has 0 amide bonds. The van der Waals surface area contributed by atoms with Crippen LogP contribution in [0.3, 0.4) is 0 Å². The van der Waals surface area contributed by atoms with Crippen molar-refractivity contribution in [1.82, 2.24) is 14.8 Å². The van der Waals surface area contributed by atoms with Crippen molar-refractivity contribution in [2.75, 3.05) is 0 Å². The molecule has 0 saturated carbocycles. The lowest BCUT2D eigenvalue weighted by molar-refractivity contribution is -0.00495. The van der Waals surface area contributed by atoms with Crippen molar-refractivity contribution >= 4 is 0 Å². The van der Waals surface area contributed by atoms with E-state index in [0.717, 1.165) is 5.56 Å². The minimum Gasteiger partial charge on any atom is -0.383 e. The molecule has 0 bridgehead atoms. The lowest BCUT2D eigenvalue weighted by atomic mass is 9.85. The highest BCUT2D eigenvalue weighted by atomic mass is 16.3. The van der Waals surface area contributed by atoms with E-state index >= 15 is 0 Å². The van der Waals surface area contributed by atoms with Gasteiger partial charge in [-0.25, -0.2) is 9.67 Å². The Bertz CT molecular complexity index is 467. The van der Waals surface area contributed by atoms with Gasteiger partial charge in [-0.2, -0.15) is 5.10 Å². The molecule has 18 heavy (non-hydrogen) atoms. The van der Waals surface area contributed by atoms with Crippen LogP contribution in [0.5, 0.6) is 0 Å². The van der Waals surface area contributed by atoms with Crippen LogP contribution in [-0.2, 0) is 12.1 Å². The van der Waals surface area contributed by atoms with Gasteiger partial charge in [-0.1, -0.05) is 44.2 Å². The molecule has 0 fully saturated rings. The second-order valence-corrected chi connectivity index (χ2v) is 5.09. The SMILES string of the molecule is CC(C)CC(O)(Cn1cncn1)c1ccccc1. The summed E-state index contributed by atoms with van der Waals surface area (Å²) in [6.45, 7) is 4.64. The molecule has 0 radical (unpaired) electrons. The Kier molecular flexibility index (Phi) is 3.77. The van der Waals surface area contributed by atoms with E-state index in [1.807, 2.05) is 30.3 Å². The molecule has 1 heterocycles. The number of hydrogen-bond acceptors (Lipinski definition) is 3. The quantitative estimate of drug-likeness (QED) is 0.878. The van der Waals surface area contributed by atoms with E-state index in [9.17, 15) is 5.11 Å². The summed E-state index contributed by atoms with van der Waals surface area (Å²) in [5.74, 6) is 0.402. The third-order valence-electron chi connectivity index (χ3n) is 2.95. The molecule has 1 atom stereocenters. The van der Waals surface area contributed by atoms with Gasteiger partial charge >= 0.3 is 0 Å². The van der Waals surface area contributed by atoms with E-state index in [4.69, 9.17) is 0 Å². The summed E-state index contributed by atoms with van der Waals surface area (Å²) < 4.78 is 1.68. The van der Waals surface area contributed by atoms with Crippen LogP contribution in [0.4, 0.5) is 0 Å². The summed E-state index contributed by atoms with van der Waals surface area (Å²) in [6, 6.07) is 9.76. The lowest BCUT2D eigenvalue weighted by Gasteiger charge is -2.30. The number of benzene rings is 1. The normalized spacial score (nSPS) is 14.7. The first kappa shape index (κ1) is 12.8. The fourth-order valence-corrected chi connectivity index (χ4v) is 2.28.